The first-order valence-corrected chi connectivity index (χ1v) is 9.80. The molecule has 0 aliphatic heterocycles. The topological polar surface area (TPSA) is 117 Å². The van der Waals surface area contributed by atoms with Crippen LogP contribution in [0.4, 0.5) is 5.69 Å². The van der Waals surface area contributed by atoms with Crippen LogP contribution in [-0.4, -0.2) is 39.4 Å². The van der Waals surface area contributed by atoms with Gasteiger partial charge in [-0.05, 0) is 48.9 Å². The molecule has 8 nitrogen and oxygen atoms in total. The third-order valence-electron chi connectivity index (χ3n) is 4.24. The number of carbonyl (C=O) groups excluding carboxylic acids is 2. The summed E-state index contributed by atoms with van der Waals surface area (Å²) in [6.07, 6.45) is 0. The highest BCUT2D eigenvalue weighted by atomic mass is 32.2. The molecule has 1 heterocycles. The lowest BCUT2D eigenvalue weighted by Gasteiger charge is -2.11. The average Bonchev–Trinajstić information content (AvgIpc) is 3.10. The van der Waals surface area contributed by atoms with Gasteiger partial charge in [-0.3, -0.25) is 9.52 Å². The number of hydrogen-bond donors (Lipinski definition) is 3. The largest absolute Gasteiger partial charge is 0.465 e. The number of amides is 1. The number of aryl methyl sites for hydroxylation is 1. The van der Waals surface area contributed by atoms with Crippen LogP contribution in [0.2, 0.25) is 0 Å². The van der Waals surface area contributed by atoms with Gasteiger partial charge in [-0.1, -0.05) is 6.07 Å². The Morgan fingerprint density at radius 2 is 1.82 bits per heavy atom. The molecule has 1 aromatic heterocycles. The van der Waals surface area contributed by atoms with Crippen LogP contribution in [0.15, 0.2) is 47.4 Å². The molecule has 0 atom stereocenters. The minimum absolute atomic E-state index is 0.0179. The highest BCUT2D eigenvalue weighted by molar-refractivity contribution is 7.92. The molecule has 28 heavy (non-hydrogen) atoms. The van der Waals surface area contributed by atoms with E-state index < -0.39 is 16.0 Å². The molecular weight excluding hydrogens is 382 g/mol. The van der Waals surface area contributed by atoms with Crippen molar-refractivity contribution in [3.63, 3.8) is 0 Å². The number of benzene rings is 2. The summed E-state index contributed by atoms with van der Waals surface area (Å²) in [7, 11) is -1.18. The number of rotatable bonds is 5. The number of H-pyrrole nitrogens is 1. The fraction of sp³-hybridized carbons (Fsp3) is 0.158. The Morgan fingerprint density at radius 1 is 1.07 bits per heavy atom. The first kappa shape index (κ1) is 19.4. The molecule has 9 heteroatoms. The fourth-order valence-corrected chi connectivity index (χ4v) is 4.12. The van der Waals surface area contributed by atoms with Gasteiger partial charge < -0.3 is 15.0 Å². The van der Waals surface area contributed by atoms with E-state index in [-0.39, 0.29) is 16.4 Å². The Balaban J connectivity index is 1.96. The van der Waals surface area contributed by atoms with E-state index in [1.807, 2.05) is 0 Å². The van der Waals surface area contributed by atoms with E-state index in [0.717, 1.165) is 0 Å². The number of nitrogens with one attached hydrogen (secondary N) is 3. The predicted molar refractivity (Wildman–Crippen MR) is 105 cm³/mol. The Morgan fingerprint density at radius 3 is 2.50 bits per heavy atom. The summed E-state index contributed by atoms with van der Waals surface area (Å²) in [6, 6.07) is 10.9. The third kappa shape index (κ3) is 3.70. The van der Waals surface area contributed by atoms with Gasteiger partial charge in [0.2, 0.25) is 0 Å². The molecule has 3 rings (SSSR count). The number of sulfonamides is 1. The molecular formula is C19H19N3O5S. The molecule has 3 aromatic rings. The SMILES string of the molecule is CNC(=O)c1cc2cc(NS(=O)(=O)c3cc(C(=O)OC)ccc3C)ccc2[nH]1. The van der Waals surface area contributed by atoms with Gasteiger partial charge >= 0.3 is 5.97 Å². The first-order valence-electron chi connectivity index (χ1n) is 8.32. The van der Waals surface area contributed by atoms with E-state index in [1.165, 1.54) is 26.3 Å². The summed E-state index contributed by atoms with van der Waals surface area (Å²) in [5.74, 6) is -0.888. The van der Waals surface area contributed by atoms with Crippen LogP contribution >= 0.6 is 0 Å². The molecule has 0 radical (unpaired) electrons. The molecule has 3 N–H and O–H groups in total. The summed E-state index contributed by atoms with van der Waals surface area (Å²) >= 11 is 0. The van der Waals surface area contributed by atoms with Gasteiger partial charge in [0.1, 0.15) is 5.69 Å². The lowest BCUT2D eigenvalue weighted by molar-refractivity contribution is 0.0600. The molecule has 0 saturated heterocycles. The van der Waals surface area contributed by atoms with Crippen molar-refractivity contribution in [2.75, 3.05) is 18.9 Å². The van der Waals surface area contributed by atoms with Crippen LogP contribution in [0, 0.1) is 6.92 Å². The molecule has 2 aromatic carbocycles. The monoisotopic (exact) mass is 401 g/mol. The van der Waals surface area contributed by atoms with E-state index in [9.17, 15) is 18.0 Å². The fourth-order valence-electron chi connectivity index (χ4n) is 2.80. The van der Waals surface area contributed by atoms with Gasteiger partial charge in [-0.25, -0.2) is 13.2 Å². The van der Waals surface area contributed by atoms with Gasteiger partial charge in [-0.2, -0.15) is 0 Å². The Kier molecular flexibility index (Phi) is 5.10. The number of esters is 1. The highest BCUT2D eigenvalue weighted by Crippen LogP contribution is 2.24. The maximum atomic E-state index is 12.8. The Hall–Kier alpha value is -3.33. The second-order valence-electron chi connectivity index (χ2n) is 6.14. The van der Waals surface area contributed by atoms with E-state index in [1.54, 1.807) is 37.3 Å². The highest BCUT2D eigenvalue weighted by Gasteiger charge is 2.20. The van der Waals surface area contributed by atoms with Crippen molar-refractivity contribution in [3.8, 4) is 0 Å². The molecule has 0 bridgehead atoms. The normalized spacial score (nSPS) is 11.2. The summed E-state index contributed by atoms with van der Waals surface area (Å²) < 4.78 is 32.9. The minimum atomic E-state index is -3.94. The van der Waals surface area contributed by atoms with Crippen molar-refractivity contribution in [1.29, 1.82) is 0 Å². The average molecular weight is 401 g/mol. The van der Waals surface area contributed by atoms with E-state index in [2.05, 4.69) is 19.8 Å². The molecule has 0 unspecified atom stereocenters. The summed E-state index contributed by atoms with van der Waals surface area (Å²) in [4.78, 5) is 26.4. The maximum Gasteiger partial charge on any atom is 0.337 e. The molecule has 0 saturated carbocycles. The zero-order valence-corrected chi connectivity index (χ0v) is 16.3. The quantitative estimate of drug-likeness (QED) is 0.568. The minimum Gasteiger partial charge on any atom is -0.465 e. The zero-order valence-electron chi connectivity index (χ0n) is 15.5. The maximum absolute atomic E-state index is 12.8. The molecule has 0 fully saturated rings. The van der Waals surface area contributed by atoms with Gasteiger partial charge in [0.05, 0.1) is 17.6 Å². The number of carbonyl (C=O) groups is 2. The van der Waals surface area contributed by atoms with E-state index in [4.69, 9.17) is 0 Å². The number of aromatic amines is 1. The van der Waals surface area contributed by atoms with Gasteiger partial charge in [0.15, 0.2) is 0 Å². The number of anilines is 1. The third-order valence-corrected chi connectivity index (χ3v) is 5.77. The van der Waals surface area contributed by atoms with E-state index in [0.29, 0.717) is 27.8 Å². The predicted octanol–water partition coefficient (Wildman–Crippen LogP) is 2.42. The van der Waals surface area contributed by atoms with Crippen LogP contribution < -0.4 is 10.0 Å². The number of hydrogen-bond acceptors (Lipinski definition) is 5. The van der Waals surface area contributed by atoms with Crippen molar-refractivity contribution >= 4 is 38.5 Å². The standard InChI is InChI=1S/C19H19N3O5S/c1-11-4-5-12(19(24)27-3)10-17(11)28(25,26)22-14-6-7-15-13(8-14)9-16(21-15)18(23)20-2/h4-10,21-22H,1-3H3,(H,20,23). The second-order valence-corrected chi connectivity index (χ2v) is 7.79. The van der Waals surface area contributed by atoms with Crippen molar-refractivity contribution in [2.45, 2.75) is 11.8 Å². The van der Waals surface area contributed by atoms with Gasteiger partial charge in [-0.15, -0.1) is 0 Å². The molecule has 0 aliphatic carbocycles. The summed E-state index contributed by atoms with van der Waals surface area (Å²) in [5, 5.41) is 3.20. The van der Waals surface area contributed by atoms with Crippen molar-refractivity contribution in [3.05, 3.63) is 59.3 Å². The number of fused-ring (bicyclic) bond motifs is 1. The van der Waals surface area contributed by atoms with Crippen LogP contribution in [0.5, 0.6) is 0 Å². The van der Waals surface area contributed by atoms with E-state index >= 15 is 0 Å². The number of ether oxygens (including phenoxy) is 1. The number of methoxy groups -OCH3 is 1. The van der Waals surface area contributed by atoms with Crippen LogP contribution in [0.25, 0.3) is 10.9 Å². The van der Waals surface area contributed by atoms with Crippen molar-refractivity contribution in [1.82, 2.24) is 10.3 Å². The molecule has 0 aliphatic rings. The van der Waals surface area contributed by atoms with Crippen molar-refractivity contribution in [2.24, 2.45) is 0 Å². The second kappa shape index (κ2) is 7.35. The molecule has 0 spiro atoms. The molecule has 146 valence electrons. The summed E-state index contributed by atoms with van der Waals surface area (Å²) in [5.41, 5.74) is 2.04. The van der Waals surface area contributed by atoms with Crippen molar-refractivity contribution < 1.29 is 22.7 Å². The van der Waals surface area contributed by atoms with Gasteiger partial charge in [0.25, 0.3) is 15.9 Å². The summed E-state index contributed by atoms with van der Waals surface area (Å²) in [6.45, 7) is 1.64. The van der Waals surface area contributed by atoms with Gasteiger partial charge in [0, 0.05) is 23.6 Å². The lowest BCUT2D eigenvalue weighted by Crippen LogP contribution is -2.17. The van der Waals surface area contributed by atoms with Crippen LogP contribution in [0.3, 0.4) is 0 Å². The van der Waals surface area contributed by atoms with Crippen LogP contribution in [0.1, 0.15) is 26.4 Å². The smallest absolute Gasteiger partial charge is 0.337 e. The zero-order chi connectivity index (χ0) is 20.5. The number of aromatic nitrogens is 1. The van der Waals surface area contributed by atoms with Crippen LogP contribution in [-0.2, 0) is 14.8 Å². The Labute approximate surface area is 162 Å². The lowest BCUT2D eigenvalue weighted by atomic mass is 10.1. The Bertz CT molecular complexity index is 1180. The first-order chi connectivity index (χ1) is 13.2. The molecule has 1 amide bonds.